The number of aliphatic hydroxyl groups is 1. The average molecular weight is 298 g/mol. The van der Waals surface area contributed by atoms with Crippen LogP contribution in [0, 0.1) is 0 Å². The smallest absolute Gasteiger partial charge is 0.254 e. The maximum Gasteiger partial charge on any atom is 0.254 e. The fourth-order valence-electron chi connectivity index (χ4n) is 2.70. The lowest BCUT2D eigenvalue weighted by Crippen LogP contribution is -2.63. The second kappa shape index (κ2) is 4.82. The van der Waals surface area contributed by atoms with E-state index in [0.29, 0.717) is 41.6 Å². The van der Waals surface area contributed by atoms with Gasteiger partial charge in [-0.05, 0) is 18.6 Å². The summed E-state index contributed by atoms with van der Waals surface area (Å²) in [7, 11) is 0. The summed E-state index contributed by atoms with van der Waals surface area (Å²) in [5, 5.41) is 10.5. The first-order valence-electron chi connectivity index (χ1n) is 6.63. The molecule has 1 aromatic carbocycles. The number of fused-ring (bicyclic) bond motifs is 1. The molecule has 6 heteroatoms. The van der Waals surface area contributed by atoms with Gasteiger partial charge in [0.25, 0.3) is 5.91 Å². The van der Waals surface area contributed by atoms with Crippen LogP contribution >= 0.6 is 11.6 Å². The zero-order valence-corrected chi connectivity index (χ0v) is 11.9. The van der Waals surface area contributed by atoms with Crippen LogP contribution in [0.15, 0.2) is 12.1 Å². The number of carbonyl (C=O) groups is 1. The van der Waals surface area contributed by atoms with Crippen molar-refractivity contribution in [3.63, 3.8) is 0 Å². The van der Waals surface area contributed by atoms with Gasteiger partial charge in [0.1, 0.15) is 0 Å². The maximum atomic E-state index is 12.3. The van der Waals surface area contributed by atoms with Gasteiger partial charge in [-0.3, -0.25) is 4.79 Å². The molecule has 0 saturated carbocycles. The molecule has 0 bridgehead atoms. The van der Waals surface area contributed by atoms with Crippen LogP contribution in [0.3, 0.4) is 0 Å². The molecule has 5 nitrogen and oxygen atoms in total. The first kappa shape index (κ1) is 13.5. The van der Waals surface area contributed by atoms with E-state index in [4.69, 9.17) is 21.1 Å². The number of amides is 1. The van der Waals surface area contributed by atoms with E-state index in [1.165, 1.54) is 0 Å². The highest BCUT2D eigenvalue weighted by molar-refractivity contribution is 6.32. The van der Waals surface area contributed by atoms with Crippen molar-refractivity contribution in [3.8, 4) is 11.5 Å². The largest absolute Gasteiger partial charge is 0.454 e. The molecule has 2 heterocycles. The summed E-state index contributed by atoms with van der Waals surface area (Å²) in [6, 6.07) is 3.21. The van der Waals surface area contributed by atoms with Gasteiger partial charge in [0.2, 0.25) is 6.79 Å². The van der Waals surface area contributed by atoms with Crippen molar-refractivity contribution in [2.75, 3.05) is 19.9 Å². The lowest BCUT2D eigenvalue weighted by molar-refractivity contribution is -0.0860. The Bertz CT molecular complexity index is 554. The minimum Gasteiger partial charge on any atom is -0.454 e. The number of carbonyl (C=O) groups excluding carboxylic acids is 1. The fraction of sp³-hybridized carbons (Fsp3) is 0.500. The standard InChI is InChI=1S/C14H16ClNO4/c1-2-3-14(18)6-16(7-14)13(17)9-4-10(15)12-11(5-9)19-8-20-12/h4-5,18H,2-3,6-8H2,1H3. The van der Waals surface area contributed by atoms with Crippen molar-refractivity contribution in [3.05, 3.63) is 22.7 Å². The second-order valence-electron chi connectivity index (χ2n) is 5.33. The average Bonchev–Trinajstić information content (AvgIpc) is 2.84. The molecule has 2 aliphatic rings. The molecule has 1 fully saturated rings. The van der Waals surface area contributed by atoms with E-state index in [2.05, 4.69) is 0 Å². The molecule has 3 rings (SSSR count). The first-order valence-corrected chi connectivity index (χ1v) is 7.01. The third-order valence-corrected chi connectivity index (χ3v) is 3.93. The van der Waals surface area contributed by atoms with Crippen molar-refractivity contribution in [1.29, 1.82) is 0 Å². The van der Waals surface area contributed by atoms with Crippen molar-refractivity contribution >= 4 is 17.5 Å². The maximum absolute atomic E-state index is 12.3. The SMILES string of the molecule is CCCC1(O)CN(C(=O)c2cc(Cl)c3c(c2)OCO3)C1. The number of β-amino-alcohol motifs (C(OH)–C–C–N with tert-alkyl or cyclic N) is 1. The van der Waals surface area contributed by atoms with Crippen LogP contribution < -0.4 is 9.47 Å². The number of nitrogens with zero attached hydrogens (tertiary/aromatic N) is 1. The molecule has 0 atom stereocenters. The molecular formula is C14H16ClNO4. The molecule has 1 N–H and O–H groups in total. The summed E-state index contributed by atoms with van der Waals surface area (Å²) in [6.45, 7) is 2.87. The number of likely N-dealkylation sites (tertiary alicyclic amines) is 1. The Morgan fingerprint density at radius 2 is 2.20 bits per heavy atom. The summed E-state index contributed by atoms with van der Waals surface area (Å²) in [6.07, 6.45) is 1.60. The Labute approximate surface area is 122 Å². The monoisotopic (exact) mass is 297 g/mol. The molecule has 0 unspecified atom stereocenters. The van der Waals surface area contributed by atoms with Crippen molar-refractivity contribution in [1.82, 2.24) is 4.90 Å². The van der Waals surface area contributed by atoms with Gasteiger partial charge in [-0.25, -0.2) is 0 Å². The third kappa shape index (κ3) is 2.21. The van der Waals surface area contributed by atoms with E-state index in [9.17, 15) is 9.90 Å². The van der Waals surface area contributed by atoms with E-state index in [1.54, 1.807) is 17.0 Å². The zero-order chi connectivity index (χ0) is 14.3. The molecule has 108 valence electrons. The molecule has 0 aliphatic carbocycles. The summed E-state index contributed by atoms with van der Waals surface area (Å²) in [5.41, 5.74) is -0.275. The van der Waals surface area contributed by atoms with Crippen LogP contribution in [0.5, 0.6) is 11.5 Å². The normalized spacial score (nSPS) is 18.9. The van der Waals surface area contributed by atoms with Gasteiger partial charge < -0.3 is 19.5 Å². The van der Waals surface area contributed by atoms with E-state index in [1.807, 2.05) is 6.92 Å². The van der Waals surface area contributed by atoms with Crippen molar-refractivity contribution < 1.29 is 19.4 Å². The molecule has 0 spiro atoms. The predicted molar refractivity (Wildman–Crippen MR) is 73.3 cm³/mol. The Morgan fingerprint density at radius 3 is 2.90 bits per heavy atom. The fourth-order valence-corrected chi connectivity index (χ4v) is 2.97. The lowest BCUT2D eigenvalue weighted by atomic mass is 9.89. The summed E-state index contributed by atoms with van der Waals surface area (Å²) >= 11 is 6.07. The molecule has 0 radical (unpaired) electrons. The van der Waals surface area contributed by atoms with Gasteiger partial charge in [0.05, 0.1) is 23.7 Å². The topological polar surface area (TPSA) is 59.0 Å². The molecule has 1 saturated heterocycles. The number of ether oxygens (including phenoxy) is 2. The van der Waals surface area contributed by atoms with Gasteiger partial charge in [0, 0.05) is 5.56 Å². The highest BCUT2D eigenvalue weighted by Crippen LogP contribution is 2.40. The van der Waals surface area contributed by atoms with Crippen LogP contribution in [-0.4, -0.2) is 41.4 Å². The summed E-state index contributed by atoms with van der Waals surface area (Å²) in [5.74, 6) is 0.825. The van der Waals surface area contributed by atoms with E-state index in [-0.39, 0.29) is 12.7 Å². The van der Waals surface area contributed by atoms with Crippen LogP contribution in [0.2, 0.25) is 5.02 Å². The highest BCUT2D eigenvalue weighted by atomic mass is 35.5. The molecule has 2 aliphatic heterocycles. The second-order valence-corrected chi connectivity index (χ2v) is 5.73. The Morgan fingerprint density at radius 1 is 1.45 bits per heavy atom. The van der Waals surface area contributed by atoms with Crippen LogP contribution in [0.4, 0.5) is 0 Å². The summed E-state index contributed by atoms with van der Waals surface area (Å²) in [4.78, 5) is 13.9. The van der Waals surface area contributed by atoms with Gasteiger partial charge in [-0.1, -0.05) is 24.9 Å². The molecular weight excluding hydrogens is 282 g/mol. The number of hydrogen-bond acceptors (Lipinski definition) is 4. The number of benzene rings is 1. The molecule has 0 aromatic heterocycles. The zero-order valence-electron chi connectivity index (χ0n) is 11.2. The lowest BCUT2D eigenvalue weighted by Gasteiger charge is -2.46. The predicted octanol–water partition coefficient (Wildman–Crippen LogP) is 2.06. The molecule has 1 amide bonds. The minimum atomic E-state index is -0.732. The van der Waals surface area contributed by atoms with Crippen molar-refractivity contribution in [2.45, 2.75) is 25.4 Å². The van der Waals surface area contributed by atoms with Crippen LogP contribution in [0.25, 0.3) is 0 Å². The molecule has 20 heavy (non-hydrogen) atoms. The van der Waals surface area contributed by atoms with Crippen molar-refractivity contribution in [2.24, 2.45) is 0 Å². The van der Waals surface area contributed by atoms with E-state index < -0.39 is 5.60 Å². The Kier molecular flexibility index (Phi) is 3.26. The van der Waals surface area contributed by atoms with E-state index >= 15 is 0 Å². The number of halogens is 1. The Hall–Kier alpha value is -1.46. The van der Waals surface area contributed by atoms with Gasteiger partial charge in [-0.15, -0.1) is 0 Å². The number of hydrogen-bond donors (Lipinski definition) is 1. The van der Waals surface area contributed by atoms with Gasteiger partial charge in [0.15, 0.2) is 11.5 Å². The van der Waals surface area contributed by atoms with Gasteiger partial charge in [-0.2, -0.15) is 0 Å². The Balaban J connectivity index is 1.75. The highest BCUT2D eigenvalue weighted by Gasteiger charge is 2.43. The van der Waals surface area contributed by atoms with Crippen LogP contribution in [0.1, 0.15) is 30.1 Å². The molecule has 1 aromatic rings. The van der Waals surface area contributed by atoms with Gasteiger partial charge >= 0.3 is 0 Å². The quantitative estimate of drug-likeness (QED) is 0.928. The minimum absolute atomic E-state index is 0.118. The van der Waals surface area contributed by atoms with Crippen LogP contribution in [-0.2, 0) is 0 Å². The summed E-state index contributed by atoms with van der Waals surface area (Å²) < 4.78 is 10.5. The third-order valence-electron chi connectivity index (χ3n) is 3.65. The number of rotatable bonds is 3. The van der Waals surface area contributed by atoms with E-state index in [0.717, 1.165) is 6.42 Å². The first-order chi connectivity index (χ1) is 9.52.